The zero-order chi connectivity index (χ0) is 13.9. The molecule has 0 N–H and O–H groups in total. The Hall–Kier alpha value is -1.60. The molecule has 1 atom stereocenters. The molecule has 1 saturated heterocycles. The maximum atomic E-state index is 3.96. The second kappa shape index (κ2) is 5.58. The van der Waals surface area contributed by atoms with Crippen LogP contribution in [0.5, 0.6) is 0 Å². The maximum absolute atomic E-state index is 3.96. The highest BCUT2D eigenvalue weighted by molar-refractivity contribution is 5.36. The third-order valence-electron chi connectivity index (χ3n) is 3.60. The average Bonchev–Trinajstić information content (AvgIpc) is 2.37. The van der Waals surface area contributed by atoms with Crippen LogP contribution in [-0.2, 0) is 0 Å². The summed E-state index contributed by atoms with van der Waals surface area (Å²) in [5, 5.41) is 0. The van der Waals surface area contributed by atoms with E-state index in [4.69, 9.17) is 0 Å². The molecule has 1 fully saturated rings. The third kappa shape index (κ3) is 3.05. The van der Waals surface area contributed by atoms with E-state index >= 15 is 0 Å². The molecule has 100 valence electrons. The average molecular weight is 253 g/mol. The summed E-state index contributed by atoms with van der Waals surface area (Å²) in [6.07, 6.45) is 5.86. The first-order chi connectivity index (χ1) is 9.07. The van der Waals surface area contributed by atoms with E-state index in [0.29, 0.717) is 11.5 Å². The van der Waals surface area contributed by atoms with Crippen molar-refractivity contribution in [2.75, 3.05) is 13.1 Å². The smallest absolute Gasteiger partial charge is 0.0601 e. The van der Waals surface area contributed by atoms with Gasteiger partial charge in [0.1, 0.15) is 0 Å². The van der Waals surface area contributed by atoms with Gasteiger partial charge in [0.2, 0.25) is 0 Å². The van der Waals surface area contributed by atoms with E-state index in [1.165, 1.54) is 11.1 Å². The lowest BCUT2D eigenvalue weighted by Crippen LogP contribution is -2.54. The van der Waals surface area contributed by atoms with Crippen molar-refractivity contribution in [1.29, 1.82) is 0 Å². The molecule has 1 unspecified atom stereocenters. The molecule has 1 heteroatoms. The molecule has 0 aliphatic carbocycles. The Kier molecular flexibility index (Phi) is 4.06. The van der Waals surface area contributed by atoms with Crippen molar-refractivity contribution in [3.8, 4) is 0 Å². The Morgan fingerprint density at radius 2 is 1.84 bits per heavy atom. The van der Waals surface area contributed by atoms with Gasteiger partial charge < -0.3 is 0 Å². The van der Waals surface area contributed by atoms with Crippen molar-refractivity contribution in [2.45, 2.75) is 19.9 Å². The van der Waals surface area contributed by atoms with Crippen molar-refractivity contribution in [3.63, 3.8) is 0 Å². The monoisotopic (exact) mass is 253 g/mol. The number of benzene rings is 1. The summed E-state index contributed by atoms with van der Waals surface area (Å²) in [6, 6.07) is 10.9. The molecule has 0 aromatic heterocycles. The van der Waals surface area contributed by atoms with Crippen molar-refractivity contribution < 1.29 is 0 Å². The van der Waals surface area contributed by atoms with Gasteiger partial charge in [-0.2, -0.15) is 0 Å². The number of hydrogen-bond acceptors (Lipinski definition) is 1. The minimum atomic E-state index is 0.296. The van der Waals surface area contributed by atoms with Gasteiger partial charge in [-0.3, -0.25) is 4.90 Å². The summed E-state index contributed by atoms with van der Waals surface area (Å²) in [7, 11) is 0. The molecule has 1 aliphatic rings. The summed E-state index contributed by atoms with van der Waals surface area (Å²) in [6.45, 7) is 14.6. The lowest BCUT2D eigenvalue weighted by atomic mass is 9.80. The maximum Gasteiger partial charge on any atom is 0.0601 e. The van der Waals surface area contributed by atoms with Crippen LogP contribution in [0.2, 0.25) is 0 Å². The first-order valence-corrected chi connectivity index (χ1v) is 6.81. The Morgan fingerprint density at radius 1 is 1.21 bits per heavy atom. The second-order valence-electron chi connectivity index (χ2n) is 5.99. The van der Waals surface area contributed by atoms with E-state index in [0.717, 1.165) is 13.1 Å². The topological polar surface area (TPSA) is 3.24 Å². The van der Waals surface area contributed by atoms with E-state index in [2.05, 4.69) is 68.3 Å². The van der Waals surface area contributed by atoms with Gasteiger partial charge in [0.15, 0.2) is 0 Å². The van der Waals surface area contributed by atoms with Crippen LogP contribution >= 0.6 is 0 Å². The van der Waals surface area contributed by atoms with E-state index in [1.807, 2.05) is 12.2 Å². The zero-order valence-corrected chi connectivity index (χ0v) is 12.0. The zero-order valence-electron chi connectivity index (χ0n) is 12.0. The standard InChI is InChI=1S/C18H23N/c1-5-10-15(6-2)17(16-11-8-7-9-12-16)19-13-18(3,4)14-19/h5-12,17H,1-2,13-14H2,3-4H3/b15-10+. The summed E-state index contributed by atoms with van der Waals surface area (Å²) < 4.78 is 0. The molecule has 0 bridgehead atoms. The van der Waals surface area contributed by atoms with Crippen LogP contribution in [0.1, 0.15) is 25.5 Å². The highest BCUT2D eigenvalue weighted by atomic mass is 15.2. The summed E-state index contributed by atoms with van der Waals surface area (Å²) in [5.74, 6) is 0. The third-order valence-corrected chi connectivity index (χ3v) is 3.60. The van der Waals surface area contributed by atoms with Gasteiger partial charge in [-0.15, -0.1) is 0 Å². The van der Waals surface area contributed by atoms with Crippen molar-refractivity contribution >= 4 is 0 Å². The molecule has 1 nitrogen and oxygen atoms in total. The van der Waals surface area contributed by atoms with E-state index in [1.54, 1.807) is 0 Å². The van der Waals surface area contributed by atoms with Gasteiger partial charge >= 0.3 is 0 Å². The highest BCUT2D eigenvalue weighted by Gasteiger charge is 2.39. The minimum Gasteiger partial charge on any atom is -0.291 e. The Bertz CT molecular complexity index is 474. The number of rotatable bonds is 5. The van der Waals surface area contributed by atoms with Crippen molar-refractivity contribution in [2.24, 2.45) is 5.41 Å². The van der Waals surface area contributed by atoms with Gasteiger partial charge in [0, 0.05) is 13.1 Å². The first-order valence-electron chi connectivity index (χ1n) is 6.81. The second-order valence-corrected chi connectivity index (χ2v) is 5.99. The fourth-order valence-electron chi connectivity index (χ4n) is 2.89. The van der Waals surface area contributed by atoms with E-state index in [-0.39, 0.29) is 0 Å². The number of likely N-dealkylation sites (tertiary alicyclic amines) is 1. The molecule has 2 rings (SSSR count). The van der Waals surface area contributed by atoms with Crippen molar-refractivity contribution in [1.82, 2.24) is 4.90 Å². The summed E-state index contributed by atoms with van der Waals surface area (Å²) in [5.41, 5.74) is 2.97. The molecule has 1 aromatic carbocycles. The van der Waals surface area contributed by atoms with Crippen molar-refractivity contribution in [3.05, 3.63) is 72.9 Å². The van der Waals surface area contributed by atoms with Crippen LogP contribution in [-0.4, -0.2) is 18.0 Å². The van der Waals surface area contributed by atoms with Crippen LogP contribution in [0.4, 0.5) is 0 Å². The van der Waals surface area contributed by atoms with Gasteiger partial charge in [0.05, 0.1) is 6.04 Å². The van der Waals surface area contributed by atoms with Crippen LogP contribution in [0.25, 0.3) is 0 Å². The fourth-order valence-corrected chi connectivity index (χ4v) is 2.89. The minimum absolute atomic E-state index is 0.296. The normalized spacial score (nSPS) is 20.4. The lowest BCUT2D eigenvalue weighted by Gasteiger charge is -2.50. The number of hydrogen-bond donors (Lipinski definition) is 0. The van der Waals surface area contributed by atoms with Crippen LogP contribution in [0.3, 0.4) is 0 Å². The molecular weight excluding hydrogens is 230 g/mol. The first kappa shape index (κ1) is 13.8. The quantitative estimate of drug-likeness (QED) is 0.704. The van der Waals surface area contributed by atoms with Gasteiger partial charge in [-0.1, -0.05) is 75.6 Å². The van der Waals surface area contributed by atoms with Gasteiger partial charge in [-0.25, -0.2) is 0 Å². The van der Waals surface area contributed by atoms with E-state index in [9.17, 15) is 0 Å². The predicted molar refractivity (Wildman–Crippen MR) is 83.0 cm³/mol. The SMILES string of the molecule is C=C/C=C(\C=C)C(c1ccccc1)N1CC(C)(C)C1. The highest BCUT2D eigenvalue weighted by Crippen LogP contribution is 2.39. The molecule has 0 radical (unpaired) electrons. The summed E-state index contributed by atoms with van der Waals surface area (Å²) in [4.78, 5) is 2.51. The lowest BCUT2D eigenvalue weighted by molar-refractivity contribution is 0.00572. The molecule has 1 aromatic rings. The van der Waals surface area contributed by atoms with Crippen LogP contribution in [0, 0.1) is 5.41 Å². The largest absolute Gasteiger partial charge is 0.291 e. The van der Waals surface area contributed by atoms with Gasteiger partial charge in [0.25, 0.3) is 0 Å². The van der Waals surface area contributed by atoms with E-state index < -0.39 is 0 Å². The fraction of sp³-hybridized carbons (Fsp3) is 0.333. The van der Waals surface area contributed by atoms with Crippen LogP contribution < -0.4 is 0 Å². The molecular formula is C18H23N. The summed E-state index contributed by atoms with van der Waals surface area (Å²) >= 11 is 0. The molecule has 0 saturated carbocycles. The Labute approximate surface area is 116 Å². The number of allylic oxidation sites excluding steroid dienone is 2. The molecule has 1 heterocycles. The van der Waals surface area contributed by atoms with Crippen LogP contribution in [0.15, 0.2) is 67.3 Å². The van der Waals surface area contributed by atoms with Gasteiger partial charge in [-0.05, 0) is 16.6 Å². The molecule has 19 heavy (non-hydrogen) atoms. The molecule has 1 aliphatic heterocycles. The Balaban J connectivity index is 2.32. The Morgan fingerprint density at radius 3 is 2.32 bits per heavy atom. The molecule has 0 amide bonds. The molecule has 0 spiro atoms. The predicted octanol–water partition coefficient (Wildman–Crippen LogP) is 4.37. The number of nitrogens with zero attached hydrogens (tertiary/aromatic N) is 1.